The summed E-state index contributed by atoms with van der Waals surface area (Å²) < 4.78 is 10.6. The van der Waals surface area contributed by atoms with E-state index in [0.29, 0.717) is 17.2 Å². The Balaban J connectivity index is 1.58. The number of anilines is 2. The Morgan fingerprint density at radius 3 is 2.54 bits per heavy atom. The Morgan fingerprint density at radius 2 is 1.79 bits per heavy atom. The molecule has 1 aliphatic heterocycles. The summed E-state index contributed by atoms with van der Waals surface area (Å²) in [6, 6.07) is 13.2. The van der Waals surface area contributed by atoms with Crippen LogP contribution in [0.3, 0.4) is 0 Å². The number of benzene rings is 2. The molecule has 5 heteroatoms. The topological polar surface area (TPSA) is 59.6 Å². The maximum atomic E-state index is 12.3. The predicted molar refractivity (Wildman–Crippen MR) is 94.7 cm³/mol. The van der Waals surface area contributed by atoms with Gasteiger partial charge in [0, 0.05) is 17.4 Å². The summed E-state index contributed by atoms with van der Waals surface area (Å²) in [7, 11) is 0. The van der Waals surface area contributed by atoms with Gasteiger partial charge >= 0.3 is 0 Å². The van der Waals surface area contributed by atoms with E-state index in [-0.39, 0.29) is 18.7 Å². The van der Waals surface area contributed by atoms with Crippen LogP contribution < -0.4 is 20.1 Å². The maximum absolute atomic E-state index is 12.3. The minimum absolute atomic E-state index is 0.105. The van der Waals surface area contributed by atoms with Crippen LogP contribution in [-0.4, -0.2) is 18.7 Å². The second-order valence-electron chi connectivity index (χ2n) is 5.87. The van der Waals surface area contributed by atoms with Gasteiger partial charge in [-0.25, -0.2) is 0 Å². The van der Waals surface area contributed by atoms with Gasteiger partial charge in [-0.1, -0.05) is 25.5 Å². The third-order valence-electron chi connectivity index (χ3n) is 3.91. The van der Waals surface area contributed by atoms with Crippen molar-refractivity contribution >= 4 is 17.3 Å². The number of nitrogens with one attached hydrogen (secondary N) is 2. The first-order valence-corrected chi connectivity index (χ1v) is 8.21. The molecule has 1 amide bonds. The Morgan fingerprint density at radius 1 is 1.08 bits per heavy atom. The lowest BCUT2D eigenvalue weighted by atomic mass is 10.1. The minimum Gasteiger partial charge on any atom is -0.454 e. The zero-order valence-corrected chi connectivity index (χ0v) is 14.0. The van der Waals surface area contributed by atoms with Crippen LogP contribution in [0.1, 0.15) is 25.8 Å². The van der Waals surface area contributed by atoms with Crippen molar-refractivity contribution in [1.82, 2.24) is 0 Å². The molecule has 0 spiro atoms. The number of hydrogen-bond donors (Lipinski definition) is 2. The molecule has 1 atom stereocenters. The Hall–Kier alpha value is -2.69. The molecule has 0 saturated carbocycles. The van der Waals surface area contributed by atoms with Crippen molar-refractivity contribution in [3.05, 3.63) is 48.0 Å². The molecule has 2 aromatic rings. The molecule has 126 valence electrons. The fourth-order valence-electron chi connectivity index (χ4n) is 2.60. The molecule has 2 aromatic carbocycles. The number of amides is 1. The third-order valence-corrected chi connectivity index (χ3v) is 3.91. The first kappa shape index (κ1) is 16.2. The van der Waals surface area contributed by atoms with Crippen molar-refractivity contribution < 1.29 is 14.3 Å². The van der Waals surface area contributed by atoms with Crippen LogP contribution in [0.4, 0.5) is 11.4 Å². The van der Waals surface area contributed by atoms with E-state index < -0.39 is 0 Å². The second kappa shape index (κ2) is 7.25. The lowest BCUT2D eigenvalue weighted by molar-refractivity contribution is -0.116. The normalized spacial score (nSPS) is 13.4. The van der Waals surface area contributed by atoms with Crippen LogP contribution in [0.15, 0.2) is 42.5 Å². The van der Waals surface area contributed by atoms with Gasteiger partial charge in [0.05, 0.1) is 0 Å². The molecular weight excluding hydrogens is 304 g/mol. The van der Waals surface area contributed by atoms with Crippen LogP contribution >= 0.6 is 0 Å². The molecule has 0 saturated heterocycles. The summed E-state index contributed by atoms with van der Waals surface area (Å²) in [5.41, 5.74) is 2.93. The van der Waals surface area contributed by atoms with E-state index in [0.717, 1.165) is 18.5 Å². The average Bonchev–Trinajstić information content (AvgIpc) is 3.04. The smallest absolute Gasteiger partial charge is 0.246 e. The standard InChI is InChI=1S/C19H22N2O3/c1-3-4-14-5-7-15(8-6-14)20-13(2)19(22)21-16-9-10-17-18(11-16)24-12-23-17/h5-11,13,20H,3-4,12H2,1-2H3,(H,21,22)/t13-/m0/s1. The van der Waals surface area contributed by atoms with Gasteiger partial charge in [-0.2, -0.15) is 0 Å². The van der Waals surface area contributed by atoms with Crippen molar-refractivity contribution in [2.75, 3.05) is 17.4 Å². The van der Waals surface area contributed by atoms with Gasteiger partial charge in [-0.3, -0.25) is 4.79 Å². The number of carbonyl (C=O) groups is 1. The Bertz CT molecular complexity index is 713. The van der Waals surface area contributed by atoms with E-state index >= 15 is 0 Å². The second-order valence-corrected chi connectivity index (χ2v) is 5.87. The molecule has 0 aromatic heterocycles. The Labute approximate surface area is 142 Å². The molecule has 0 radical (unpaired) electrons. The first-order valence-electron chi connectivity index (χ1n) is 8.21. The van der Waals surface area contributed by atoms with Crippen LogP contribution in [-0.2, 0) is 11.2 Å². The molecule has 1 heterocycles. The van der Waals surface area contributed by atoms with Crippen LogP contribution in [0.2, 0.25) is 0 Å². The highest BCUT2D eigenvalue weighted by Gasteiger charge is 2.16. The van der Waals surface area contributed by atoms with E-state index in [1.807, 2.05) is 19.1 Å². The van der Waals surface area contributed by atoms with E-state index in [4.69, 9.17) is 9.47 Å². The molecule has 0 fully saturated rings. The zero-order chi connectivity index (χ0) is 16.9. The lowest BCUT2D eigenvalue weighted by Crippen LogP contribution is -2.31. The number of aryl methyl sites for hydroxylation is 1. The highest BCUT2D eigenvalue weighted by atomic mass is 16.7. The average molecular weight is 326 g/mol. The number of fused-ring (bicyclic) bond motifs is 1. The van der Waals surface area contributed by atoms with Crippen molar-refractivity contribution in [2.45, 2.75) is 32.7 Å². The quantitative estimate of drug-likeness (QED) is 0.847. The van der Waals surface area contributed by atoms with Gasteiger partial charge in [-0.15, -0.1) is 0 Å². The maximum Gasteiger partial charge on any atom is 0.246 e. The number of ether oxygens (including phenoxy) is 2. The van der Waals surface area contributed by atoms with Crippen molar-refractivity contribution in [1.29, 1.82) is 0 Å². The van der Waals surface area contributed by atoms with Gasteiger partial charge in [-0.05, 0) is 43.2 Å². The van der Waals surface area contributed by atoms with E-state index in [1.165, 1.54) is 5.56 Å². The summed E-state index contributed by atoms with van der Waals surface area (Å²) in [5.74, 6) is 1.25. The van der Waals surface area contributed by atoms with Crippen LogP contribution in [0.5, 0.6) is 11.5 Å². The fraction of sp³-hybridized carbons (Fsp3) is 0.316. The predicted octanol–water partition coefficient (Wildman–Crippen LogP) is 3.81. The largest absolute Gasteiger partial charge is 0.454 e. The zero-order valence-electron chi connectivity index (χ0n) is 14.0. The first-order chi connectivity index (χ1) is 11.7. The van der Waals surface area contributed by atoms with Crippen molar-refractivity contribution in [3.8, 4) is 11.5 Å². The molecule has 0 aliphatic carbocycles. The SMILES string of the molecule is CCCc1ccc(N[C@@H](C)C(=O)Nc2ccc3c(c2)OCO3)cc1. The molecular formula is C19H22N2O3. The van der Waals surface area contributed by atoms with Gasteiger partial charge in [0.1, 0.15) is 6.04 Å². The molecule has 5 nitrogen and oxygen atoms in total. The summed E-state index contributed by atoms with van der Waals surface area (Å²) in [5, 5.41) is 6.10. The van der Waals surface area contributed by atoms with Gasteiger partial charge in [0.2, 0.25) is 12.7 Å². The minimum atomic E-state index is -0.354. The summed E-state index contributed by atoms with van der Waals surface area (Å²) in [4.78, 5) is 12.3. The van der Waals surface area contributed by atoms with Gasteiger partial charge in [0.25, 0.3) is 0 Å². The molecule has 0 bridgehead atoms. The highest BCUT2D eigenvalue weighted by Crippen LogP contribution is 2.34. The van der Waals surface area contributed by atoms with E-state index in [2.05, 4.69) is 29.7 Å². The number of carbonyl (C=O) groups excluding carboxylic acids is 1. The summed E-state index contributed by atoms with van der Waals surface area (Å²) in [6.45, 7) is 4.22. The molecule has 1 aliphatic rings. The van der Waals surface area contributed by atoms with Crippen molar-refractivity contribution in [3.63, 3.8) is 0 Å². The summed E-state index contributed by atoms with van der Waals surface area (Å²) in [6.07, 6.45) is 2.20. The number of rotatable bonds is 6. The lowest BCUT2D eigenvalue weighted by Gasteiger charge is -2.16. The van der Waals surface area contributed by atoms with Crippen molar-refractivity contribution in [2.24, 2.45) is 0 Å². The van der Waals surface area contributed by atoms with Gasteiger partial charge < -0.3 is 20.1 Å². The van der Waals surface area contributed by atoms with E-state index in [1.54, 1.807) is 18.2 Å². The van der Waals surface area contributed by atoms with Crippen LogP contribution in [0.25, 0.3) is 0 Å². The monoisotopic (exact) mass is 326 g/mol. The third kappa shape index (κ3) is 3.79. The van der Waals surface area contributed by atoms with E-state index in [9.17, 15) is 4.79 Å². The summed E-state index contributed by atoms with van der Waals surface area (Å²) >= 11 is 0. The van der Waals surface area contributed by atoms with Crippen LogP contribution in [0, 0.1) is 0 Å². The fourth-order valence-corrected chi connectivity index (χ4v) is 2.60. The molecule has 24 heavy (non-hydrogen) atoms. The molecule has 2 N–H and O–H groups in total. The highest BCUT2D eigenvalue weighted by molar-refractivity contribution is 5.96. The molecule has 3 rings (SSSR count). The Kier molecular flexibility index (Phi) is 4.89. The van der Waals surface area contributed by atoms with Gasteiger partial charge in [0.15, 0.2) is 11.5 Å². The molecule has 0 unspecified atom stereocenters. The number of hydrogen-bond acceptors (Lipinski definition) is 4.